The van der Waals surface area contributed by atoms with Gasteiger partial charge >= 0.3 is 0 Å². The van der Waals surface area contributed by atoms with Gasteiger partial charge < -0.3 is 16.2 Å². The molecule has 4 nitrogen and oxygen atoms in total. The molecule has 4 heteroatoms. The Labute approximate surface area is 104 Å². The van der Waals surface area contributed by atoms with E-state index in [1.54, 1.807) is 0 Å². The average molecular weight is 242 g/mol. The van der Waals surface area contributed by atoms with Crippen molar-refractivity contribution in [2.24, 2.45) is 17.1 Å². The Balaban J connectivity index is 2.33. The molecule has 1 saturated carbocycles. The van der Waals surface area contributed by atoms with Gasteiger partial charge in [0.2, 0.25) is 5.91 Å². The second kappa shape index (κ2) is 6.36. The van der Waals surface area contributed by atoms with Gasteiger partial charge in [0.25, 0.3) is 0 Å². The molecular formula is C13H26N2O2. The van der Waals surface area contributed by atoms with Crippen LogP contribution >= 0.6 is 0 Å². The monoisotopic (exact) mass is 242 g/mol. The molecule has 0 aromatic carbocycles. The molecule has 1 atom stereocenters. The third-order valence-electron chi connectivity index (χ3n) is 4.15. The van der Waals surface area contributed by atoms with E-state index in [2.05, 4.69) is 5.32 Å². The van der Waals surface area contributed by atoms with Crippen LogP contribution in [0.25, 0.3) is 0 Å². The fourth-order valence-electron chi connectivity index (χ4n) is 2.20. The van der Waals surface area contributed by atoms with E-state index in [0.717, 1.165) is 38.6 Å². The van der Waals surface area contributed by atoms with E-state index in [9.17, 15) is 9.90 Å². The van der Waals surface area contributed by atoms with E-state index < -0.39 is 5.41 Å². The van der Waals surface area contributed by atoms with Crippen LogP contribution in [0.2, 0.25) is 0 Å². The van der Waals surface area contributed by atoms with Crippen molar-refractivity contribution in [2.45, 2.75) is 52.1 Å². The number of carbonyl (C=O) groups excluding carboxylic acids is 1. The van der Waals surface area contributed by atoms with Gasteiger partial charge in [-0.3, -0.25) is 4.79 Å². The molecule has 0 aromatic heterocycles. The lowest BCUT2D eigenvalue weighted by Crippen LogP contribution is -2.45. The first-order valence-electron chi connectivity index (χ1n) is 6.68. The van der Waals surface area contributed by atoms with Crippen molar-refractivity contribution in [1.29, 1.82) is 0 Å². The Kier molecular flexibility index (Phi) is 5.40. The Morgan fingerprint density at radius 1 is 1.41 bits per heavy atom. The van der Waals surface area contributed by atoms with Crippen molar-refractivity contribution in [2.75, 3.05) is 13.1 Å². The standard InChI is InChI=1S/C13H26N2O2/c1-3-13(2,9-14)12(17)15-8-10-4-6-11(16)7-5-10/h10-11,16H,3-9,14H2,1-2H3,(H,15,17). The van der Waals surface area contributed by atoms with Crippen molar-refractivity contribution < 1.29 is 9.90 Å². The summed E-state index contributed by atoms with van der Waals surface area (Å²) in [5.41, 5.74) is 5.22. The molecule has 1 aliphatic carbocycles. The molecule has 0 spiro atoms. The summed E-state index contributed by atoms with van der Waals surface area (Å²) in [5, 5.41) is 12.4. The third-order valence-corrected chi connectivity index (χ3v) is 4.15. The van der Waals surface area contributed by atoms with E-state index >= 15 is 0 Å². The van der Waals surface area contributed by atoms with Crippen molar-refractivity contribution in [3.63, 3.8) is 0 Å². The molecule has 0 aromatic rings. The van der Waals surface area contributed by atoms with Crippen LogP contribution in [0.5, 0.6) is 0 Å². The van der Waals surface area contributed by atoms with E-state index in [-0.39, 0.29) is 12.0 Å². The van der Waals surface area contributed by atoms with Crippen LogP contribution in [0.15, 0.2) is 0 Å². The highest BCUT2D eigenvalue weighted by molar-refractivity contribution is 5.82. The van der Waals surface area contributed by atoms with Gasteiger partial charge in [-0.05, 0) is 44.9 Å². The molecule has 1 fully saturated rings. The summed E-state index contributed by atoms with van der Waals surface area (Å²) in [7, 11) is 0. The largest absolute Gasteiger partial charge is 0.393 e. The summed E-state index contributed by atoms with van der Waals surface area (Å²) in [4.78, 5) is 12.0. The molecule has 0 heterocycles. The molecule has 1 aliphatic rings. The van der Waals surface area contributed by atoms with Gasteiger partial charge in [-0.25, -0.2) is 0 Å². The topological polar surface area (TPSA) is 75.4 Å². The van der Waals surface area contributed by atoms with Crippen molar-refractivity contribution in [3.05, 3.63) is 0 Å². The van der Waals surface area contributed by atoms with Crippen LogP contribution in [0.3, 0.4) is 0 Å². The molecule has 0 radical (unpaired) electrons. The highest BCUT2D eigenvalue weighted by Gasteiger charge is 2.30. The molecule has 1 amide bonds. The number of hydrogen-bond donors (Lipinski definition) is 3. The smallest absolute Gasteiger partial charge is 0.227 e. The SMILES string of the molecule is CCC(C)(CN)C(=O)NCC1CCC(O)CC1. The quantitative estimate of drug-likeness (QED) is 0.674. The van der Waals surface area contributed by atoms with Crippen LogP contribution in [0.4, 0.5) is 0 Å². The summed E-state index contributed by atoms with van der Waals surface area (Å²) >= 11 is 0. The first kappa shape index (κ1) is 14.5. The second-order valence-corrected chi connectivity index (χ2v) is 5.50. The van der Waals surface area contributed by atoms with E-state index in [1.807, 2.05) is 13.8 Å². The highest BCUT2D eigenvalue weighted by Crippen LogP contribution is 2.24. The van der Waals surface area contributed by atoms with Crippen molar-refractivity contribution >= 4 is 5.91 Å². The van der Waals surface area contributed by atoms with Crippen molar-refractivity contribution in [3.8, 4) is 0 Å². The molecule has 0 saturated heterocycles. The van der Waals surface area contributed by atoms with Gasteiger partial charge in [-0.15, -0.1) is 0 Å². The lowest BCUT2D eigenvalue weighted by atomic mass is 9.85. The summed E-state index contributed by atoms with van der Waals surface area (Å²) in [5.74, 6) is 0.579. The number of rotatable bonds is 5. The Morgan fingerprint density at radius 3 is 2.47 bits per heavy atom. The minimum atomic E-state index is -0.436. The van der Waals surface area contributed by atoms with Gasteiger partial charge in [-0.1, -0.05) is 6.92 Å². The maximum Gasteiger partial charge on any atom is 0.227 e. The minimum absolute atomic E-state index is 0.0635. The maximum atomic E-state index is 12.0. The Morgan fingerprint density at radius 2 is 2.00 bits per heavy atom. The molecule has 0 aliphatic heterocycles. The van der Waals surface area contributed by atoms with Crippen LogP contribution in [-0.2, 0) is 4.79 Å². The van der Waals surface area contributed by atoms with E-state index in [1.165, 1.54) is 0 Å². The number of aliphatic hydroxyl groups is 1. The van der Waals surface area contributed by atoms with Gasteiger partial charge in [0.1, 0.15) is 0 Å². The first-order chi connectivity index (χ1) is 8.01. The molecule has 1 unspecified atom stereocenters. The predicted octanol–water partition coefficient (Wildman–Crippen LogP) is 1.03. The second-order valence-electron chi connectivity index (χ2n) is 5.50. The summed E-state index contributed by atoms with van der Waals surface area (Å²) in [6, 6.07) is 0. The van der Waals surface area contributed by atoms with E-state index in [4.69, 9.17) is 5.73 Å². The zero-order valence-electron chi connectivity index (χ0n) is 11.0. The fraction of sp³-hybridized carbons (Fsp3) is 0.923. The highest BCUT2D eigenvalue weighted by atomic mass is 16.3. The van der Waals surface area contributed by atoms with Gasteiger partial charge in [-0.2, -0.15) is 0 Å². The van der Waals surface area contributed by atoms with Crippen LogP contribution in [0.1, 0.15) is 46.0 Å². The molecule has 0 bridgehead atoms. The number of nitrogens with two attached hydrogens (primary N) is 1. The van der Waals surface area contributed by atoms with Crippen LogP contribution in [-0.4, -0.2) is 30.2 Å². The van der Waals surface area contributed by atoms with Crippen molar-refractivity contribution in [1.82, 2.24) is 5.32 Å². The van der Waals surface area contributed by atoms with E-state index in [0.29, 0.717) is 12.5 Å². The Hall–Kier alpha value is -0.610. The third kappa shape index (κ3) is 3.96. The Bertz CT molecular complexity index is 244. The van der Waals surface area contributed by atoms with Crippen LogP contribution in [0, 0.1) is 11.3 Å². The molecular weight excluding hydrogens is 216 g/mol. The zero-order chi connectivity index (χ0) is 12.9. The zero-order valence-corrected chi connectivity index (χ0v) is 11.0. The number of nitrogens with one attached hydrogen (secondary N) is 1. The normalized spacial score (nSPS) is 28.5. The van der Waals surface area contributed by atoms with Gasteiger partial charge in [0, 0.05) is 13.1 Å². The van der Waals surface area contributed by atoms with Crippen LogP contribution < -0.4 is 11.1 Å². The molecule has 1 rings (SSSR count). The number of aliphatic hydroxyl groups excluding tert-OH is 1. The predicted molar refractivity (Wildman–Crippen MR) is 68.4 cm³/mol. The average Bonchev–Trinajstić information content (AvgIpc) is 2.36. The molecule has 100 valence electrons. The lowest BCUT2D eigenvalue weighted by molar-refractivity contribution is -0.130. The fourth-order valence-corrected chi connectivity index (χ4v) is 2.20. The maximum absolute atomic E-state index is 12.0. The van der Waals surface area contributed by atoms with Gasteiger partial charge in [0.05, 0.1) is 11.5 Å². The van der Waals surface area contributed by atoms with Gasteiger partial charge in [0.15, 0.2) is 0 Å². The molecule has 17 heavy (non-hydrogen) atoms. The number of carbonyl (C=O) groups is 1. The summed E-state index contributed by atoms with van der Waals surface area (Å²) in [6.45, 7) is 5.01. The number of hydrogen-bond acceptors (Lipinski definition) is 3. The molecule has 4 N–H and O–H groups in total. The summed E-state index contributed by atoms with van der Waals surface area (Å²) < 4.78 is 0. The first-order valence-corrected chi connectivity index (χ1v) is 6.68. The summed E-state index contributed by atoms with van der Waals surface area (Å²) in [6.07, 6.45) is 4.37. The minimum Gasteiger partial charge on any atom is -0.393 e. The lowest BCUT2D eigenvalue weighted by Gasteiger charge is -2.29. The number of amides is 1.